The summed E-state index contributed by atoms with van der Waals surface area (Å²) in [5, 5.41) is 3.37. The summed E-state index contributed by atoms with van der Waals surface area (Å²) in [5.74, 6) is -0.692. The van der Waals surface area contributed by atoms with Gasteiger partial charge in [0.05, 0.1) is 12.7 Å². The molecule has 2 atom stereocenters. The van der Waals surface area contributed by atoms with E-state index < -0.39 is 11.9 Å². The van der Waals surface area contributed by atoms with Crippen molar-refractivity contribution >= 4 is 11.8 Å². The van der Waals surface area contributed by atoms with Crippen LogP contribution in [0.25, 0.3) is 0 Å². The van der Waals surface area contributed by atoms with E-state index >= 15 is 0 Å². The molecule has 0 bridgehead atoms. The van der Waals surface area contributed by atoms with Gasteiger partial charge in [-0.25, -0.2) is 4.79 Å². The lowest BCUT2D eigenvalue weighted by Crippen LogP contribution is -2.36. The van der Waals surface area contributed by atoms with Crippen LogP contribution in [0, 0.1) is 0 Å². The molecular weight excluding hydrogens is 400 g/mol. The zero-order valence-electron chi connectivity index (χ0n) is 19.4. The number of pyridine rings is 1. The van der Waals surface area contributed by atoms with Gasteiger partial charge >= 0.3 is 5.97 Å². The maximum absolute atomic E-state index is 13.5. The first-order valence-electron chi connectivity index (χ1n) is 11.0. The molecule has 1 aromatic heterocycles. The maximum Gasteiger partial charge on any atom is 0.336 e. The molecule has 2 aromatic rings. The number of allylic oxidation sites excluding steroid dienone is 3. The third-order valence-corrected chi connectivity index (χ3v) is 6.52. The third kappa shape index (κ3) is 3.99. The van der Waals surface area contributed by atoms with Gasteiger partial charge in [-0.1, -0.05) is 45.0 Å². The number of carbonyl (C=O) groups is 2. The van der Waals surface area contributed by atoms with Crippen LogP contribution in [0.4, 0.5) is 0 Å². The molecule has 1 N–H and O–H groups in total. The molecule has 4 rings (SSSR count). The number of hydrogen-bond donors (Lipinski definition) is 1. The Morgan fingerprint density at radius 2 is 1.69 bits per heavy atom. The summed E-state index contributed by atoms with van der Waals surface area (Å²) in [6.07, 6.45) is 4.53. The van der Waals surface area contributed by atoms with Gasteiger partial charge in [0.2, 0.25) is 0 Å². The fourth-order valence-corrected chi connectivity index (χ4v) is 4.80. The van der Waals surface area contributed by atoms with Crippen molar-refractivity contribution in [2.75, 3.05) is 7.11 Å². The van der Waals surface area contributed by atoms with Crippen molar-refractivity contribution in [3.8, 4) is 0 Å². The van der Waals surface area contributed by atoms with E-state index in [0.29, 0.717) is 17.6 Å². The van der Waals surface area contributed by atoms with Gasteiger partial charge in [-0.05, 0) is 53.5 Å². The zero-order valence-corrected chi connectivity index (χ0v) is 19.4. The molecule has 2 aliphatic rings. The Balaban J connectivity index is 1.73. The van der Waals surface area contributed by atoms with E-state index in [4.69, 9.17) is 4.74 Å². The lowest BCUT2D eigenvalue weighted by Gasteiger charge is -2.36. The second-order valence-corrected chi connectivity index (χ2v) is 9.66. The molecule has 32 heavy (non-hydrogen) atoms. The number of nitrogens with one attached hydrogen (secondary N) is 1. The van der Waals surface area contributed by atoms with Gasteiger partial charge < -0.3 is 10.1 Å². The van der Waals surface area contributed by atoms with Gasteiger partial charge in [-0.2, -0.15) is 0 Å². The van der Waals surface area contributed by atoms with Crippen LogP contribution in [-0.2, 0) is 19.7 Å². The fraction of sp³-hybridized carbons (Fsp3) is 0.370. The minimum Gasteiger partial charge on any atom is -0.466 e. The van der Waals surface area contributed by atoms with E-state index in [1.54, 1.807) is 12.4 Å². The predicted octanol–water partition coefficient (Wildman–Crippen LogP) is 4.91. The highest BCUT2D eigenvalue weighted by molar-refractivity contribution is 6.04. The molecule has 5 heteroatoms. The quantitative estimate of drug-likeness (QED) is 0.701. The minimum atomic E-state index is -0.446. The minimum absolute atomic E-state index is 0.0689. The number of esters is 1. The Hall–Kier alpha value is -3.21. The number of nitrogens with zero attached hydrogens (tertiary/aromatic N) is 1. The van der Waals surface area contributed by atoms with Gasteiger partial charge in [-0.15, -0.1) is 0 Å². The number of benzene rings is 1. The molecule has 1 aliphatic heterocycles. The lowest BCUT2D eigenvalue weighted by molar-refractivity contribution is -0.136. The van der Waals surface area contributed by atoms with Crippen molar-refractivity contribution in [2.24, 2.45) is 0 Å². The van der Waals surface area contributed by atoms with Crippen molar-refractivity contribution in [1.29, 1.82) is 0 Å². The summed E-state index contributed by atoms with van der Waals surface area (Å²) in [5.41, 5.74) is 6.19. The SMILES string of the molecule is COC(=O)C1=C(C)NC2=C(C(=O)C[C@@H](c3ccc(C(C)(C)C)cc3)C2)[C@@H]1c1ccncc1. The molecule has 1 aliphatic carbocycles. The van der Waals surface area contributed by atoms with Gasteiger partial charge in [-0.3, -0.25) is 9.78 Å². The lowest BCUT2D eigenvalue weighted by atomic mass is 9.71. The van der Waals surface area contributed by atoms with Gasteiger partial charge in [0.25, 0.3) is 0 Å². The summed E-state index contributed by atoms with van der Waals surface area (Å²) >= 11 is 0. The van der Waals surface area contributed by atoms with E-state index in [-0.39, 0.29) is 17.1 Å². The van der Waals surface area contributed by atoms with E-state index in [1.165, 1.54) is 18.2 Å². The zero-order chi connectivity index (χ0) is 23.0. The maximum atomic E-state index is 13.5. The van der Waals surface area contributed by atoms with Crippen molar-refractivity contribution in [2.45, 2.75) is 57.8 Å². The molecule has 0 saturated carbocycles. The molecule has 0 spiro atoms. The highest BCUT2D eigenvalue weighted by Crippen LogP contribution is 2.45. The smallest absolute Gasteiger partial charge is 0.336 e. The Bertz CT molecular complexity index is 1110. The Kier molecular flexibility index (Phi) is 5.76. The Morgan fingerprint density at radius 1 is 1.03 bits per heavy atom. The monoisotopic (exact) mass is 430 g/mol. The van der Waals surface area contributed by atoms with E-state index in [9.17, 15) is 9.59 Å². The largest absolute Gasteiger partial charge is 0.466 e. The number of Topliss-reactive ketones (excluding diaryl/α,β-unsaturated/α-hetero) is 1. The van der Waals surface area contributed by atoms with Crippen LogP contribution in [0.5, 0.6) is 0 Å². The number of aromatic nitrogens is 1. The van der Waals surface area contributed by atoms with Crippen molar-refractivity contribution in [1.82, 2.24) is 10.3 Å². The van der Waals surface area contributed by atoms with Crippen molar-refractivity contribution in [3.05, 3.63) is 88.0 Å². The predicted molar refractivity (Wildman–Crippen MR) is 124 cm³/mol. The first kappa shape index (κ1) is 22.0. The average Bonchev–Trinajstić information content (AvgIpc) is 2.77. The Morgan fingerprint density at radius 3 is 2.28 bits per heavy atom. The van der Waals surface area contributed by atoms with E-state index in [2.05, 4.69) is 55.3 Å². The summed E-state index contributed by atoms with van der Waals surface area (Å²) in [4.78, 5) is 30.3. The number of ketones is 1. The second kappa shape index (κ2) is 8.38. The van der Waals surface area contributed by atoms with Crippen LogP contribution in [-0.4, -0.2) is 23.8 Å². The number of rotatable bonds is 3. The molecule has 5 nitrogen and oxygen atoms in total. The number of carbonyl (C=O) groups excluding carboxylic acids is 2. The number of ether oxygens (including phenoxy) is 1. The van der Waals surface area contributed by atoms with Crippen molar-refractivity contribution in [3.63, 3.8) is 0 Å². The molecule has 0 unspecified atom stereocenters. The Labute approximate surface area is 189 Å². The first-order valence-corrected chi connectivity index (χ1v) is 11.0. The highest BCUT2D eigenvalue weighted by atomic mass is 16.5. The normalized spacial score (nSPS) is 21.2. The third-order valence-electron chi connectivity index (χ3n) is 6.52. The van der Waals surface area contributed by atoms with Crippen LogP contribution in [0.15, 0.2) is 71.3 Å². The number of dihydropyridines is 1. The van der Waals surface area contributed by atoms with Crippen LogP contribution in [0.3, 0.4) is 0 Å². The molecule has 1 aromatic carbocycles. The second-order valence-electron chi connectivity index (χ2n) is 9.66. The molecule has 166 valence electrons. The van der Waals surface area contributed by atoms with Crippen molar-refractivity contribution < 1.29 is 14.3 Å². The molecule has 2 heterocycles. The summed E-state index contributed by atoms with van der Waals surface area (Å²) in [6.45, 7) is 8.46. The number of hydrogen-bond acceptors (Lipinski definition) is 5. The molecule has 0 saturated heterocycles. The van der Waals surface area contributed by atoms with Crippen LogP contribution >= 0.6 is 0 Å². The van der Waals surface area contributed by atoms with Crippen LogP contribution in [0.1, 0.15) is 69.1 Å². The van der Waals surface area contributed by atoms with E-state index in [1.807, 2.05) is 19.1 Å². The average molecular weight is 431 g/mol. The summed E-state index contributed by atoms with van der Waals surface area (Å²) in [7, 11) is 1.37. The fourth-order valence-electron chi connectivity index (χ4n) is 4.80. The standard InChI is InChI=1S/C27H30N2O3/c1-16-23(26(31)32-5)24(18-10-12-28-13-11-18)25-21(29-16)14-19(15-22(25)30)17-6-8-20(9-7-17)27(2,3)4/h6-13,19,24,29H,14-15H2,1-5H3/t19-,24+/m0/s1. The van der Waals surface area contributed by atoms with Crippen LogP contribution in [0.2, 0.25) is 0 Å². The summed E-state index contributed by atoms with van der Waals surface area (Å²) in [6, 6.07) is 12.4. The summed E-state index contributed by atoms with van der Waals surface area (Å²) < 4.78 is 5.07. The van der Waals surface area contributed by atoms with Gasteiger partial charge in [0.15, 0.2) is 5.78 Å². The molecule has 0 amide bonds. The van der Waals surface area contributed by atoms with Crippen LogP contribution < -0.4 is 5.32 Å². The van der Waals surface area contributed by atoms with Gasteiger partial charge in [0, 0.05) is 41.7 Å². The molecule has 0 radical (unpaired) electrons. The van der Waals surface area contributed by atoms with E-state index in [0.717, 1.165) is 23.4 Å². The number of methoxy groups -OCH3 is 1. The first-order chi connectivity index (χ1) is 15.2. The highest BCUT2D eigenvalue weighted by Gasteiger charge is 2.41. The molecular formula is C27H30N2O3. The molecule has 0 fully saturated rings. The van der Waals surface area contributed by atoms with Gasteiger partial charge in [0.1, 0.15) is 0 Å². The topological polar surface area (TPSA) is 68.3 Å².